The average Bonchev–Trinajstić information content (AvgIpc) is 2.33. The minimum atomic E-state index is -0.223. The van der Waals surface area contributed by atoms with E-state index in [1.165, 1.54) is 6.07 Å². The Bertz CT molecular complexity index is 331. The predicted molar refractivity (Wildman–Crippen MR) is 71.3 cm³/mol. The number of halogens is 1. The van der Waals surface area contributed by atoms with Crippen LogP contribution >= 0.6 is 0 Å². The Morgan fingerprint density at radius 2 is 1.89 bits per heavy atom. The molecule has 0 unspecified atom stereocenters. The van der Waals surface area contributed by atoms with E-state index >= 15 is 0 Å². The van der Waals surface area contributed by atoms with Crippen molar-refractivity contribution in [3.05, 3.63) is 29.6 Å². The Hall–Kier alpha value is -1.13. The van der Waals surface area contributed by atoms with E-state index in [1.807, 2.05) is 26.8 Å². The Balaban J connectivity index is 2.44. The fraction of sp³-hybridized carbons (Fsp3) is 0.571. The van der Waals surface area contributed by atoms with Gasteiger partial charge in [0.05, 0.1) is 5.69 Å². The van der Waals surface area contributed by atoms with Crippen molar-refractivity contribution in [2.24, 2.45) is 0 Å². The highest BCUT2D eigenvalue weighted by atomic mass is 19.1. The smallest absolute Gasteiger partial charge is 0.159 e. The molecule has 0 saturated heterocycles. The standard InChI is InChI=1S/C14H22FNO2/c1-4-17-13(18-5-2)9-10-16-14-11(3)7-6-8-12(14)15/h6-8,13,16H,4-5,9-10H2,1-3H3. The van der Waals surface area contributed by atoms with Crippen LogP contribution in [0.4, 0.5) is 10.1 Å². The number of ether oxygens (including phenoxy) is 2. The molecule has 3 nitrogen and oxygen atoms in total. The molecular formula is C14H22FNO2. The van der Waals surface area contributed by atoms with E-state index in [0.29, 0.717) is 31.9 Å². The zero-order valence-electron chi connectivity index (χ0n) is 11.3. The molecule has 0 aromatic heterocycles. The fourth-order valence-electron chi connectivity index (χ4n) is 1.76. The van der Waals surface area contributed by atoms with Gasteiger partial charge in [0.25, 0.3) is 0 Å². The topological polar surface area (TPSA) is 30.5 Å². The number of aryl methyl sites for hydroxylation is 1. The lowest BCUT2D eigenvalue weighted by molar-refractivity contribution is -0.137. The van der Waals surface area contributed by atoms with Crippen LogP contribution in [-0.4, -0.2) is 26.0 Å². The molecular weight excluding hydrogens is 233 g/mol. The Morgan fingerprint density at radius 3 is 2.44 bits per heavy atom. The van der Waals surface area contributed by atoms with Crippen LogP contribution in [0, 0.1) is 12.7 Å². The van der Waals surface area contributed by atoms with Crippen LogP contribution in [0.25, 0.3) is 0 Å². The molecule has 0 aliphatic rings. The molecule has 0 radical (unpaired) electrons. The van der Waals surface area contributed by atoms with E-state index in [0.717, 1.165) is 5.56 Å². The molecule has 0 saturated carbocycles. The molecule has 0 atom stereocenters. The normalized spacial score (nSPS) is 10.9. The maximum Gasteiger partial charge on any atom is 0.159 e. The van der Waals surface area contributed by atoms with E-state index in [4.69, 9.17) is 9.47 Å². The van der Waals surface area contributed by atoms with Crippen molar-refractivity contribution in [2.75, 3.05) is 25.1 Å². The highest BCUT2D eigenvalue weighted by Gasteiger charge is 2.09. The Kier molecular flexibility index (Phi) is 6.68. The molecule has 102 valence electrons. The monoisotopic (exact) mass is 255 g/mol. The summed E-state index contributed by atoms with van der Waals surface area (Å²) in [4.78, 5) is 0. The summed E-state index contributed by atoms with van der Waals surface area (Å²) in [5.74, 6) is -0.223. The average molecular weight is 255 g/mol. The lowest BCUT2D eigenvalue weighted by Crippen LogP contribution is -2.21. The summed E-state index contributed by atoms with van der Waals surface area (Å²) in [6, 6.07) is 5.05. The summed E-state index contributed by atoms with van der Waals surface area (Å²) >= 11 is 0. The van der Waals surface area contributed by atoms with Gasteiger partial charge in [-0.15, -0.1) is 0 Å². The third-order valence-corrected chi connectivity index (χ3v) is 2.61. The number of rotatable bonds is 8. The molecule has 1 aromatic carbocycles. The van der Waals surface area contributed by atoms with Gasteiger partial charge in [-0.3, -0.25) is 0 Å². The van der Waals surface area contributed by atoms with E-state index in [-0.39, 0.29) is 12.1 Å². The minimum absolute atomic E-state index is 0.223. The molecule has 0 aliphatic carbocycles. The zero-order chi connectivity index (χ0) is 13.4. The minimum Gasteiger partial charge on any atom is -0.382 e. The highest BCUT2D eigenvalue weighted by molar-refractivity contribution is 5.51. The van der Waals surface area contributed by atoms with E-state index in [9.17, 15) is 4.39 Å². The first-order chi connectivity index (χ1) is 8.69. The molecule has 0 spiro atoms. The molecule has 1 N–H and O–H groups in total. The summed E-state index contributed by atoms with van der Waals surface area (Å²) in [6.45, 7) is 7.59. The summed E-state index contributed by atoms with van der Waals surface area (Å²) in [5, 5.41) is 3.09. The molecule has 0 bridgehead atoms. The lowest BCUT2D eigenvalue weighted by atomic mass is 10.2. The summed E-state index contributed by atoms with van der Waals surface area (Å²) in [6.07, 6.45) is 0.467. The van der Waals surface area contributed by atoms with Crippen LogP contribution in [-0.2, 0) is 9.47 Å². The first-order valence-corrected chi connectivity index (χ1v) is 6.41. The lowest BCUT2D eigenvalue weighted by Gasteiger charge is -2.18. The maximum absolute atomic E-state index is 13.5. The van der Waals surface area contributed by atoms with Gasteiger partial charge in [0.15, 0.2) is 6.29 Å². The first-order valence-electron chi connectivity index (χ1n) is 6.41. The third-order valence-electron chi connectivity index (χ3n) is 2.61. The van der Waals surface area contributed by atoms with Crippen LogP contribution in [0.1, 0.15) is 25.8 Å². The Morgan fingerprint density at radius 1 is 1.22 bits per heavy atom. The third kappa shape index (κ3) is 4.63. The molecule has 0 aliphatic heterocycles. The fourth-order valence-corrected chi connectivity index (χ4v) is 1.76. The molecule has 18 heavy (non-hydrogen) atoms. The van der Waals surface area contributed by atoms with E-state index in [2.05, 4.69) is 5.32 Å². The molecule has 1 rings (SSSR count). The van der Waals surface area contributed by atoms with Crippen molar-refractivity contribution >= 4 is 5.69 Å². The Labute approximate surface area is 108 Å². The van der Waals surface area contributed by atoms with Crippen molar-refractivity contribution in [1.29, 1.82) is 0 Å². The molecule has 0 heterocycles. The van der Waals surface area contributed by atoms with Crippen LogP contribution in [0.15, 0.2) is 18.2 Å². The van der Waals surface area contributed by atoms with E-state index in [1.54, 1.807) is 6.07 Å². The summed E-state index contributed by atoms with van der Waals surface area (Å²) < 4.78 is 24.4. The second kappa shape index (κ2) is 8.06. The summed E-state index contributed by atoms with van der Waals surface area (Å²) in [5.41, 5.74) is 1.46. The first kappa shape index (κ1) is 14.9. The number of hydrogen-bond donors (Lipinski definition) is 1. The largest absolute Gasteiger partial charge is 0.382 e. The molecule has 0 amide bonds. The van der Waals surface area contributed by atoms with Gasteiger partial charge in [0, 0.05) is 26.2 Å². The van der Waals surface area contributed by atoms with Gasteiger partial charge in [0.2, 0.25) is 0 Å². The molecule has 1 aromatic rings. The second-order valence-corrected chi connectivity index (χ2v) is 3.99. The van der Waals surface area contributed by atoms with Crippen molar-refractivity contribution in [3.63, 3.8) is 0 Å². The summed E-state index contributed by atoms with van der Waals surface area (Å²) in [7, 11) is 0. The predicted octanol–water partition coefficient (Wildman–Crippen LogP) is 3.34. The number of anilines is 1. The number of hydrogen-bond acceptors (Lipinski definition) is 3. The van der Waals surface area contributed by atoms with Gasteiger partial charge in [0.1, 0.15) is 5.82 Å². The molecule has 4 heteroatoms. The van der Waals surface area contributed by atoms with Crippen molar-refractivity contribution in [1.82, 2.24) is 0 Å². The van der Waals surface area contributed by atoms with Gasteiger partial charge in [-0.05, 0) is 32.4 Å². The SMILES string of the molecule is CCOC(CCNc1c(C)cccc1F)OCC. The van der Waals surface area contributed by atoms with Crippen LogP contribution in [0.3, 0.4) is 0 Å². The van der Waals surface area contributed by atoms with Gasteiger partial charge in [-0.25, -0.2) is 4.39 Å². The van der Waals surface area contributed by atoms with Crippen molar-refractivity contribution < 1.29 is 13.9 Å². The quantitative estimate of drug-likeness (QED) is 0.723. The molecule has 0 fully saturated rings. The van der Waals surface area contributed by atoms with E-state index < -0.39 is 0 Å². The van der Waals surface area contributed by atoms with Crippen molar-refractivity contribution in [2.45, 2.75) is 33.5 Å². The van der Waals surface area contributed by atoms with Crippen LogP contribution in [0.2, 0.25) is 0 Å². The maximum atomic E-state index is 13.5. The number of nitrogens with one attached hydrogen (secondary N) is 1. The number of para-hydroxylation sites is 1. The zero-order valence-corrected chi connectivity index (χ0v) is 11.3. The van der Waals surface area contributed by atoms with Crippen LogP contribution in [0.5, 0.6) is 0 Å². The number of benzene rings is 1. The van der Waals surface area contributed by atoms with Crippen molar-refractivity contribution in [3.8, 4) is 0 Å². The van der Waals surface area contributed by atoms with Gasteiger partial charge in [-0.2, -0.15) is 0 Å². The van der Waals surface area contributed by atoms with Gasteiger partial charge < -0.3 is 14.8 Å². The van der Waals surface area contributed by atoms with Gasteiger partial charge in [-0.1, -0.05) is 12.1 Å². The van der Waals surface area contributed by atoms with Gasteiger partial charge >= 0.3 is 0 Å². The highest BCUT2D eigenvalue weighted by Crippen LogP contribution is 2.18. The van der Waals surface area contributed by atoms with Crippen LogP contribution < -0.4 is 5.32 Å². The second-order valence-electron chi connectivity index (χ2n) is 3.99.